The third-order valence-electron chi connectivity index (χ3n) is 2.79. The van der Waals surface area contributed by atoms with E-state index in [-0.39, 0.29) is 0 Å². The Labute approximate surface area is 101 Å². The van der Waals surface area contributed by atoms with E-state index in [0.29, 0.717) is 0 Å². The van der Waals surface area contributed by atoms with Crippen LogP contribution in [0.25, 0.3) is 0 Å². The molecule has 2 heteroatoms. The number of hydrogen-bond donors (Lipinski definition) is 1. The minimum atomic E-state index is -0.819. The zero-order valence-electron chi connectivity index (χ0n) is 9.63. The van der Waals surface area contributed by atoms with Gasteiger partial charge in [0, 0.05) is 0 Å². The topological polar surface area (TPSA) is 37.3 Å². The minimum absolute atomic E-state index is 0.586. The van der Waals surface area contributed by atoms with Crippen LogP contribution in [0.3, 0.4) is 0 Å². The fourth-order valence-corrected chi connectivity index (χ4v) is 1.88. The number of carbonyl (C=O) groups is 1. The van der Waals surface area contributed by atoms with Gasteiger partial charge in [-0.3, -0.25) is 4.79 Å². The predicted octanol–water partition coefficient (Wildman–Crippen LogP) is 3.21. The first-order chi connectivity index (χ1) is 8.18. The van der Waals surface area contributed by atoms with Crippen molar-refractivity contribution in [3.8, 4) is 0 Å². The van der Waals surface area contributed by atoms with Crippen molar-refractivity contribution in [1.29, 1.82) is 0 Å². The maximum absolute atomic E-state index is 11.4. The fraction of sp³-hybridized carbons (Fsp3) is 0.133. The SMILES string of the molecule is Cc1ccc([C@@H](C(=O)O)c2ccccc2)cc1. The van der Waals surface area contributed by atoms with Gasteiger partial charge in [0.15, 0.2) is 0 Å². The summed E-state index contributed by atoms with van der Waals surface area (Å²) < 4.78 is 0. The smallest absolute Gasteiger partial charge is 0.315 e. The van der Waals surface area contributed by atoms with E-state index >= 15 is 0 Å². The zero-order valence-corrected chi connectivity index (χ0v) is 9.63. The molecule has 0 fully saturated rings. The number of aryl methyl sites for hydroxylation is 1. The Morgan fingerprint density at radius 3 is 2.00 bits per heavy atom. The van der Waals surface area contributed by atoms with Crippen LogP contribution >= 0.6 is 0 Å². The standard InChI is InChI=1S/C15H14O2/c1-11-7-9-13(10-8-11)14(15(16)17)12-5-3-2-4-6-12/h2-10,14H,1H3,(H,16,17)/t14-/m0/s1. The van der Waals surface area contributed by atoms with Crippen LogP contribution in [0.1, 0.15) is 22.6 Å². The third kappa shape index (κ3) is 2.53. The van der Waals surface area contributed by atoms with Gasteiger partial charge in [-0.2, -0.15) is 0 Å². The van der Waals surface area contributed by atoms with Crippen molar-refractivity contribution in [2.45, 2.75) is 12.8 Å². The molecule has 86 valence electrons. The molecule has 0 saturated carbocycles. The molecule has 0 unspecified atom stereocenters. The zero-order chi connectivity index (χ0) is 12.3. The summed E-state index contributed by atoms with van der Waals surface area (Å²) in [5.41, 5.74) is 2.75. The van der Waals surface area contributed by atoms with E-state index in [1.807, 2.05) is 61.5 Å². The van der Waals surface area contributed by atoms with Gasteiger partial charge in [0.25, 0.3) is 0 Å². The van der Waals surface area contributed by atoms with E-state index in [0.717, 1.165) is 16.7 Å². The van der Waals surface area contributed by atoms with E-state index in [9.17, 15) is 9.90 Å². The molecule has 1 atom stereocenters. The highest BCUT2D eigenvalue weighted by atomic mass is 16.4. The third-order valence-corrected chi connectivity index (χ3v) is 2.79. The molecule has 2 rings (SSSR count). The molecule has 0 saturated heterocycles. The van der Waals surface area contributed by atoms with E-state index in [2.05, 4.69) is 0 Å². The quantitative estimate of drug-likeness (QED) is 0.872. The maximum atomic E-state index is 11.4. The summed E-state index contributed by atoms with van der Waals surface area (Å²) in [6.45, 7) is 1.99. The Hall–Kier alpha value is -2.09. The molecular formula is C15H14O2. The molecule has 0 radical (unpaired) electrons. The Bertz CT molecular complexity index is 500. The van der Waals surface area contributed by atoms with Gasteiger partial charge in [-0.15, -0.1) is 0 Å². The van der Waals surface area contributed by atoms with E-state index in [1.165, 1.54) is 0 Å². The van der Waals surface area contributed by atoms with E-state index in [4.69, 9.17) is 0 Å². The monoisotopic (exact) mass is 226 g/mol. The molecular weight excluding hydrogens is 212 g/mol. The van der Waals surface area contributed by atoms with Crippen LogP contribution < -0.4 is 0 Å². The molecule has 2 aromatic carbocycles. The van der Waals surface area contributed by atoms with Gasteiger partial charge >= 0.3 is 5.97 Å². The van der Waals surface area contributed by atoms with Crippen molar-refractivity contribution in [3.63, 3.8) is 0 Å². The van der Waals surface area contributed by atoms with Crippen molar-refractivity contribution < 1.29 is 9.90 Å². The van der Waals surface area contributed by atoms with Gasteiger partial charge in [-0.25, -0.2) is 0 Å². The van der Waals surface area contributed by atoms with Crippen molar-refractivity contribution >= 4 is 5.97 Å². The van der Waals surface area contributed by atoms with Crippen LogP contribution in [0.2, 0.25) is 0 Å². The number of benzene rings is 2. The lowest BCUT2D eigenvalue weighted by molar-refractivity contribution is -0.137. The van der Waals surface area contributed by atoms with Gasteiger partial charge in [0.1, 0.15) is 5.92 Å². The molecule has 0 spiro atoms. The molecule has 0 heterocycles. The first-order valence-corrected chi connectivity index (χ1v) is 5.53. The number of carboxylic acid groups (broad SMARTS) is 1. The van der Waals surface area contributed by atoms with E-state index in [1.54, 1.807) is 0 Å². The molecule has 1 N–H and O–H groups in total. The van der Waals surface area contributed by atoms with Gasteiger partial charge in [0.05, 0.1) is 0 Å². The molecule has 2 aromatic rings. The highest BCUT2D eigenvalue weighted by molar-refractivity contribution is 5.80. The number of hydrogen-bond acceptors (Lipinski definition) is 1. The van der Waals surface area contributed by atoms with Crippen molar-refractivity contribution in [2.24, 2.45) is 0 Å². The molecule has 2 nitrogen and oxygen atoms in total. The lowest BCUT2D eigenvalue weighted by Crippen LogP contribution is -2.12. The lowest BCUT2D eigenvalue weighted by atomic mass is 9.91. The average Bonchev–Trinajstić information content (AvgIpc) is 2.33. The summed E-state index contributed by atoms with van der Waals surface area (Å²) >= 11 is 0. The molecule has 17 heavy (non-hydrogen) atoms. The summed E-state index contributed by atoms with van der Waals surface area (Å²) in [7, 11) is 0. The number of rotatable bonds is 3. The Morgan fingerprint density at radius 1 is 0.941 bits per heavy atom. The van der Waals surface area contributed by atoms with Gasteiger partial charge in [-0.05, 0) is 18.1 Å². The summed E-state index contributed by atoms with van der Waals surface area (Å²) in [6, 6.07) is 16.9. The maximum Gasteiger partial charge on any atom is 0.315 e. The van der Waals surface area contributed by atoms with Crippen molar-refractivity contribution in [2.75, 3.05) is 0 Å². The largest absolute Gasteiger partial charge is 0.481 e. The highest BCUT2D eigenvalue weighted by Gasteiger charge is 2.21. The Morgan fingerprint density at radius 2 is 1.47 bits per heavy atom. The first kappa shape index (κ1) is 11.4. The summed E-state index contributed by atoms with van der Waals surface area (Å²) in [5.74, 6) is -1.41. The fourth-order valence-electron chi connectivity index (χ4n) is 1.88. The molecule has 0 bridgehead atoms. The highest BCUT2D eigenvalue weighted by Crippen LogP contribution is 2.24. The van der Waals surface area contributed by atoms with Crippen LogP contribution in [0.4, 0.5) is 0 Å². The van der Waals surface area contributed by atoms with Crippen LogP contribution in [0.15, 0.2) is 54.6 Å². The summed E-state index contributed by atoms with van der Waals surface area (Å²) in [5, 5.41) is 9.35. The Kier molecular flexibility index (Phi) is 3.24. The second-order valence-electron chi connectivity index (χ2n) is 4.09. The molecule has 0 aliphatic rings. The van der Waals surface area contributed by atoms with Crippen LogP contribution in [-0.4, -0.2) is 11.1 Å². The number of carboxylic acids is 1. The molecule has 0 aromatic heterocycles. The predicted molar refractivity (Wildman–Crippen MR) is 67.1 cm³/mol. The first-order valence-electron chi connectivity index (χ1n) is 5.53. The minimum Gasteiger partial charge on any atom is -0.481 e. The second-order valence-corrected chi connectivity index (χ2v) is 4.09. The normalized spacial score (nSPS) is 12.1. The van der Waals surface area contributed by atoms with Crippen molar-refractivity contribution in [1.82, 2.24) is 0 Å². The molecule has 0 aliphatic carbocycles. The summed E-state index contributed by atoms with van der Waals surface area (Å²) in [6.07, 6.45) is 0. The van der Waals surface area contributed by atoms with Gasteiger partial charge < -0.3 is 5.11 Å². The summed E-state index contributed by atoms with van der Waals surface area (Å²) in [4.78, 5) is 11.4. The average molecular weight is 226 g/mol. The van der Waals surface area contributed by atoms with Crippen LogP contribution in [0, 0.1) is 6.92 Å². The Balaban J connectivity index is 2.43. The second kappa shape index (κ2) is 4.83. The van der Waals surface area contributed by atoms with E-state index < -0.39 is 11.9 Å². The molecule has 0 amide bonds. The van der Waals surface area contributed by atoms with Crippen LogP contribution in [0.5, 0.6) is 0 Å². The molecule has 0 aliphatic heterocycles. The lowest BCUT2D eigenvalue weighted by Gasteiger charge is -2.13. The van der Waals surface area contributed by atoms with Crippen molar-refractivity contribution in [3.05, 3.63) is 71.3 Å². The number of aliphatic carboxylic acids is 1. The van der Waals surface area contributed by atoms with Gasteiger partial charge in [0.2, 0.25) is 0 Å². The van der Waals surface area contributed by atoms with Gasteiger partial charge in [-0.1, -0.05) is 60.2 Å². The van der Waals surface area contributed by atoms with Crippen LogP contribution in [-0.2, 0) is 4.79 Å².